The Morgan fingerprint density at radius 2 is 1.55 bits per heavy atom. The lowest BCUT2D eigenvalue weighted by Crippen LogP contribution is -2.03. The summed E-state index contributed by atoms with van der Waals surface area (Å²) in [6.07, 6.45) is 2.25. The summed E-state index contributed by atoms with van der Waals surface area (Å²) in [6, 6.07) is 16.4. The third-order valence-electron chi connectivity index (χ3n) is 2.80. The number of hydrogen-bond acceptors (Lipinski definition) is 1. The van der Waals surface area contributed by atoms with Crippen LogP contribution in [-0.2, 0) is 16.6 Å². The Morgan fingerprint density at radius 3 is 2.05 bits per heavy atom. The van der Waals surface area contributed by atoms with Gasteiger partial charge >= 0.3 is 7.25 Å². The van der Waals surface area contributed by atoms with Crippen LogP contribution in [0.3, 0.4) is 0 Å². The first-order valence-corrected chi connectivity index (χ1v) is 8.30. The molecule has 22 heavy (non-hydrogen) atoms. The van der Waals surface area contributed by atoms with Crippen molar-refractivity contribution in [2.45, 2.75) is 17.6 Å². The minimum Gasteiger partial charge on any atom is -0.508 e. The van der Waals surface area contributed by atoms with Crippen molar-refractivity contribution in [3.63, 3.8) is 0 Å². The molecular formula is C15H17BF4OS. The molecule has 0 fully saturated rings. The third kappa shape index (κ3) is 7.40. The molecular weight excluding hydrogens is 315 g/mol. The number of phenolic OH excluding ortho intramolecular Hbond substituents is 1. The fraction of sp³-hybridized carbons (Fsp3) is 0.200. The van der Waals surface area contributed by atoms with E-state index in [1.807, 2.05) is 19.1 Å². The summed E-state index contributed by atoms with van der Waals surface area (Å²) >= 11 is 0. The first-order valence-electron chi connectivity index (χ1n) is 6.50. The number of halogens is 4. The second kappa shape index (κ2) is 8.12. The van der Waals surface area contributed by atoms with E-state index in [1.165, 1.54) is 10.5 Å². The van der Waals surface area contributed by atoms with Gasteiger partial charge in [-0.2, -0.15) is 0 Å². The largest absolute Gasteiger partial charge is 0.673 e. The lowest BCUT2D eigenvalue weighted by Gasteiger charge is -2.05. The van der Waals surface area contributed by atoms with Crippen molar-refractivity contribution < 1.29 is 22.4 Å². The predicted molar refractivity (Wildman–Crippen MR) is 84.7 cm³/mol. The smallest absolute Gasteiger partial charge is 0.508 e. The molecule has 7 heteroatoms. The Labute approximate surface area is 130 Å². The van der Waals surface area contributed by atoms with Crippen molar-refractivity contribution in [2.24, 2.45) is 0 Å². The van der Waals surface area contributed by atoms with E-state index in [0.29, 0.717) is 5.75 Å². The van der Waals surface area contributed by atoms with Crippen molar-refractivity contribution in [1.29, 1.82) is 0 Å². The van der Waals surface area contributed by atoms with Gasteiger partial charge in [0.15, 0.2) is 4.90 Å². The molecule has 0 aliphatic heterocycles. The molecule has 1 nitrogen and oxygen atoms in total. The van der Waals surface area contributed by atoms with Crippen LogP contribution in [0.5, 0.6) is 5.75 Å². The highest BCUT2D eigenvalue weighted by Gasteiger charge is 2.20. The highest BCUT2D eigenvalue weighted by molar-refractivity contribution is 7.95. The van der Waals surface area contributed by atoms with Gasteiger partial charge in [0, 0.05) is 16.5 Å². The average molecular weight is 332 g/mol. The highest BCUT2D eigenvalue weighted by atomic mass is 32.2. The number of benzene rings is 2. The second-order valence-electron chi connectivity index (χ2n) is 4.71. The summed E-state index contributed by atoms with van der Waals surface area (Å²) in [5, 5.41) is 9.52. The van der Waals surface area contributed by atoms with E-state index in [-0.39, 0.29) is 10.9 Å². The van der Waals surface area contributed by atoms with Crippen molar-refractivity contribution >= 4 is 18.1 Å². The Balaban J connectivity index is 0.000000422. The van der Waals surface area contributed by atoms with Crippen LogP contribution >= 0.6 is 0 Å². The SMILES string of the molecule is Cc1cc([S+](C)Cc2ccccc2)ccc1O.F[B-](F)(F)F. The number of aromatic hydroxyl groups is 1. The van der Waals surface area contributed by atoms with E-state index in [1.54, 1.807) is 6.07 Å². The van der Waals surface area contributed by atoms with Crippen LogP contribution in [0, 0.1) is 6.92 Å². The molecule has 0 aromatic heterocycles. The zero-order valence-electron chi connectivity index (χ0n) is 12.3. The van der Waals surface area contributed by atoms with Crippen LogP contribution in [0.2, 0.25) is 0 Å². The first-order chi connectivity index (χ1) is 10.2. The molecule has 1 N–H and O–H groups in total. The molecule has 120 valence electrons. The Morgan fingerprint density at radius 1 is 1.00 bits per heavy atom. The molecule has 0 saturated carbocycles. The van der Waals surface area contributed by atoms with Crippen molar-refractivity contribution in [3.8, 4) is 5.75 Å². The lowest BCUT2D eigenvalue weighted by atomic mass is 10.2. The minimum atomic E-state index is -6.00. The normalized spacial score (nSPS) is 12.3. The summed E-state index contributed by atoms with van der Waals surface area (Å²) in [5.41, 5.74) is 2.32. The van der Waals surface area contributed by atoms with E-state index in [9.17, 15) is 22.4 Å². The molecule has 2 aromatic rings. The van der Waals surface area contributed by atoms with Crippen LogP contribution in [0.15, 0.2) is 53.4 Å². The lowest BCUT2D eigenvalue weighted by molar-refractivity contribution is 0.368. The fourth-order valence-electron chi connectivity index (χ4n) is 1.75. The maximum absolute atomic E-state index is 9.75. The molecule has 0 aliphatic carbocycles. The number of aryl methyl sites for hydroxylation is 1. The molecule has 0 saturated heterocycles. The zero-order chi connectivity index (χ0) is 16.8. The molecule has 0 heterocycles. The number of hydrogen-bond donors (Lipinski definition) is 1. The molecule has 0 amide bonds. The Kier molecular flexibility index (Phi) is 6.80. The van der Waals surface area contributed by atoms with Gasteiger partial charge < -0.3 is 22.4 Å². The third-order valence-corrected chi connectivity index (χ3v) is 4.62. The summed E-state index contributed by atoms with van der Waals surface area (Å²) in [6.45, 7) is 1.94. The van der Waals surface area contributed by atoms with Gasteiger partial charge in [0.05, 0.1) is 0 Å². The molecule has 0 aliphatic rings. The summed E-state index contributed by atoms with van der Waals surface area (Å²) in [4.78, 5) is 1.31. The summed E-state index contributed by atoms with van der Waals surface area (Å²) in [5.74, 6) is 1.44. The molecule has 2 aromatic carbocycles. The topological polar surface area (TPSA) is 20.2 Å². The average Bonchev–Trinajstić information content (AvgIpc) is 2.41. The van der Waals surface area contributed by atoms with Crippen LogP contribution in [0.25, 0.3) is 0 Å². The quantitative estimate of drug-likeness (QED) is 0.486. The van der Waals surface area contributed by atoms with Crippen molar-refractivity contribution in [1.82, 2.24) is 0 Å². The second-order valence-corrected chi connectivity index (χ2v) is 6.74. The van der Waals surface area contributed by atoms with Gasteiger partial charge in [-0.3, -0.25) is 0 Å². The molecule has 0 spiro atoms. The van der Waals surface area contributed by atoms with Crippen molar-refractivity contribution in [2.75, 3.05) is 6.26 Å². The monoisotopic (exact) mass is 332 g/mol. The molecule has 1 atom stereocenters. The standard InChI is InChI=1S/C15H16OS.BF4/c1-12-10-14(8-9-15(12)16)17(2)11-13-6-4-3-5-7-13;2-1(3,4)5/h3-10H,11H2,1-2H3;/q;-1/p+1. The highest BCUT2D eigenvalue weighted by Crippen LogP contribution is 2.23. The zero-order valence-corrected chi connectivity index (χ0v) is 13.1. The maximum atomic E-state index is 9.75. The Bertz CT molecular complexity index is 584. The van der Waals surface area contributed by atoms with E-state index < -0.39 is 7.25 Å². The van der Waals surface area contributed by atoms with Crippen molar-refractivity contribution in [3.05, 3.63) is 59.7 Å². The van der Waals surface area contributed by atoms with Crippen LogP contribution < -0.4 is 0 Å². The summed E-state index contributed by atoms with van der Waals surface area (Å²) < 4.78 is 39.0. The number of phenols is 1. The fourth-order valence-corrected chi connectivity index (χ4v) is 3.29. The number of rotatable bonds is 3. The molecule has 2 rings (SSSR count). The predicted octanol–water partition coefficient (Wildman–Crippen LogP) is 4.81. The van der Waals surface area contributed by atoms with Crippen LogP contribution in [0.4, 0.5) is 17.3 Å². The van der Waals surface area contributed by atoms with Gasteiger partial charge in [-0.05, 0) is 30.7 Å². The Hall–Kier alpha value is -1.63. The first kappa shape index (κ1) is 18.4. The van der Waals surface area contributed by atoms with Crippen LogP contribution in [-0.4, -0.2) is 18.6 Å². The summed E-state index contributed by atoms with van der Waals surface area (Å²) in [7, 11) is -5.81. The van der Waals surface area contributed by atoms with E-state index in [2.05, 4.69) is 36.6 Å². The molecule has 0 radical (unpaired) electrons. The van der Waals surface area contributed by atoms with E-state index in [4.69, 9.17) is 0 Å². The van der Waals surface area contributed by atoms with Gasteiger partial charge in [0.25, 0.3) is 0 Å². The minimum absolute atomic E-state index is 0.186. The van der Waals surface area contributed by atoms with Gasteiger partial charge in [0.1, 0.15) is 17.8 Å². The van der Waals surface area contributed by atoms with Gasteiger partial charge in [-0.1, -0.05) is 30.3 Å². The van der Waals surface area contributed by atoms with Gasteiger partial charge in [-0.15, -0.1) is 0 Å². The van der Waals surface area contributed by atoms with Crippen LogP contribution in [0.1, 0.15) is 11.1 Å². The van der Waals surface area contributed by atoms with Gasteiger partial charge in [-0.25, -0.2) is 0 Å². The maximum Gasteiger partial charge on any atom is 0.673 e. The van der Waals surface area contributed by atoms with Gasteiger partial charge in [0.2, 0.25) is 0 Å². The van der Waals surface area contributed by atoms with E-state index >= 15 is 0 Å². The molecule has 1 unspecified atom stereocenters. The molecule has 0 bridgehead atoms. The van der Waals surface area contributed by atoms with E-state index in [0.717, 1.165) is 11.3 Å².